The lowest BCUT2D eigenvalue weighted by Crippen LogP contribution is -2.48. The van der Waals surface area contributed by atoms with Crippen molar-refractivity contribution in [1.82, 2.24) is 15.5 Å². The molecule has 0 bridgehead atoms. The molecule has 1 fully saturated rings. The van der Waals surface area contributed by atoms with Gasteiger partial charge in [0.2, 0.25) is 5.91 Å². The first-order chi connectivity index (χ1) is 15.7. The summed E-state index contributed by atoms with van der Waals surface area (Å²) >= 11 is 6.03. The van der Waals surface area contributed by atoms with Crippen LogP contribution in [0.3, 0.4) is 0 Å². The molecule has 33 heavy (non-hydrogen) atoms. The first-order valence-corrected chi connectivity index (χ1v) is 10.9. The minimum absolute atomic E-state index is 0.163. The quantitative estimate of drug-likeness (QED) is 0.630. The number of benzene rings is 2. The van der Waals surface area contributed by atoms with E-state index in [1.165, 1.54) is 12.1 Å². The summed E-state index contributed by atoms with van der Waals surface area (Å²) in [6.07, 6.45) is -4.42. The lowest BCUT2D eigenvalue weighted by atomic mass is 10.0. The molecule has 0 aliphatic carbocycles. The number of alkyl halides is 3. The third-order valence-electron chi connectivity index (χ3n) is 5.44. The van der Waals surface area contributed by atoms with Crippen molar-refractivity contribution < 1.29 is 27.5 Å². The number of morpholine rings is 1. The highest BCUT2D eigenvalue weighted by Gasteiger charge is 2.31. The SMILES string of the molecule is CC(NC(=O)c1ccccc1Cl)C(=O)NCC(c1ccc(C(F)(F)F)cc1)N1CCOCC1. The molecule has 2 amide bonds. The molecule has 1 saturated heterocycles. The highest BCUT2D eigenvalue weighted by molar-refractivity contribution is 6.33. The van der Waals surface area contributed by atoms with Crippen molar-refractivity contribution in [3.8, 4) is 0 Å². The van der Waals surface area contributed by atoms with E-state index in [1.54, 1.807) is 31.2 Å². The summed E-state index contributed by atoms with van der Waals surface area (Å²) in [5.74, 6) is -0.892. The third kappa shape index (κ3) is 6.69. The smallest absolute Gasteiger partial charge is 0.379 e. The van der Waals surface area contributed by atoms with Crippen molar-refractivity contribution >= 4 is 23.4 Å². The number of carbonyl (C=O) groups is 2. The zero-order chi connectivity index (χ0) is 24.0. The molecule has 2 aromatic rings. The van der Waals surface area contributed by atoms with Gasteiger partial charge in [-0.15, -0.1) is 0 Å². The molecule has 1 aliphatic heterocycles. The molecule has 178 valence electrons. The number of carbonyl (C=O) groups excluding carboxylic acids is 2. The topological polar surface area (TPSA) is 70.7 Å². The number of hydrogen-bond acceptors (Lipinski definition) is 4. The van der Waals surface area contributed by atoms with Gasteiger partial charge in [0.25, 0.3) is 5.91 Å². The summed E-state index contributed by atoms with van der Waals surface area (Å²) in [5, 5.41) is 5.69. The van der Waals surface area contributed by atoms with Crippen molar-refractivity contribution in [2.45, 2.75) is 25.2 Å². The zero-order valence-electron chi connectivity index (χ0n) is 18.0. The number of hydrogen-bond donors (Lipinski definition) is 2. The predicted octanol–water partition coefficient (Wildman–Crippen LogP) is 3.67. The molecule has 0 spiro atoms. The molecule has 3 rings (SSSR count). The predicted molar refractivity (Wildman–Crippen MR) is 118 cm³/mol. The first-order valence-electron chi connectivity index (χ1n) is 10.5. The molecular weight excluding hydrogens is 459 g/mol. The lowest BCUT2D eigenvalue weighted by molar-refractivity contribution is -0.137. The van der Waals surface area contributed by atoms with E-state index in [-0.39, 0.29) is 23.2 Å². The van der Waals surface area contributed by atoms with Crippen LogP contribution in [-0.4, -0.2) is 55.6 Å². The van der Waals surface area contributed by atoms with Gasteiger partial charge >= 0.3 is 6.18 Å². The van der Waals surface area contributed by atoms with Crippen LogP contribution in [-0.2, 0) is 15.7 Å². The van der Waals surface area contributed by atoms with Crippen LogP contribution in [0, 0.1) is 0 Å². The number of amides is 2. The second kappa shape index (κ2) is 11.0. The summed E-state index contributed by atoms with van der Waals surface area (Å²) < 4.78 is 44.2. The van der Waals surface area contributed by atoms with Crippen LogP contribution in [0.15, 0.2) is 48.5 Å². The van der Waals surface area contributed by atoms with Gasteiger partial charge in [-0.1, -0.05) is 35.9 Å². The maximum Gasteiger partial charge on any atom is 0.416 e. The van der Waals surface area contributed by atoms with Crippen molar-refractivity contribution in [2.24, 2.45) is 0 Å². The second-order valence-corrected chi connectivity index (χ2v) is 8.11. The van der Waals surface area contributed by atoms with E-state index in [0.717, 1.165) is 12.1 Å². The highest BCUT2D eigenvalue weighted by atomic mass is 35.5. The standard InChI is InChI=1S/C23H25ClF3N3O3/c1-15(29-22(32)18-4-2-3-5-19(18)24)21(31)28-14-20(30-10-12-33-13-11-30)16-6-8-17(9-7-16)23(25,26)27/h2-9,15,20H,10-14H2,1H3,(H,28,31)(H,29,32). The van der Waals surface area contributed by atoms with Gasteiger partial charge in [-0.3, -0.25) is 14.5 Å². The van der Waals surface area contributed by atoms with E-state index in [2.05, 4.69) is 15.5 Å². The van der Waals surface area contributed by atoms with Crippen molar-refractivity contribution in [1.29, 1.82) is 0 Å². The fraction of sp³-hybridized carbons (Fsp3) is 0.391. The lowest BCUT2D eigenvalue weighted by Gasteiger charge is -2.35. The number of nitrogens with one attached hydrogen (secondary N) is 2. The average Bonchev–Trinajstić information content (AvgIpc) is 2.79. The minimum atomic E-state index is -4.42. The van der Waals surface area contributed by atoms with Crippen LogP contribution in [0.4, 0.5) is 13.2 Å². The van der Waals surface area contributed by atoms with Crippen LogP contribution in [0.5, 0.6) is 0 Å². The van der Waals surface area contributed by atoms with Gasteiger partial charge in [-0.25, -0.2) is 0 Å². The van der Waals surface area contributed by atoms with Crippen molar-refractivity contribution in [3.63, 3.8) is 0 Å². The molecule has 0 radical (unpaired) electrons. The fourth-order valence-corrected chi connectivity index (χ4v) is 3.80. The normalized spacial score (nSPS) is 16.6. The Morgan fingerprint density at radius 3 is 2.33 bits per heavy atom. The summed E-state index contributed by atoms with van der Waals surface area (Å²) in [4.78, 5) is 27.1. The van der Waals surface area contributed by atoms with Crippen LogP contribution in [0.2, 0.25) is 5.02 Å². The van der Waals surface area contributed by atoms with Crippen LogP contribution < -0.4 is 10.6 Å². The highest BCUT2D eigenvalue weighted by Crippen LogP contribution is 2.31. The monoisotopic (exact) mass is 483 g/mol. The van der Waals surface area contributed by atoms with Gasteiger partial charge in [0, 0.05) is 19.6 Å². The van der Waals surface area contributed by atoms with Crippen molar-refractivity contribution in [3.05, 3.63) is 70.2 Å². The van der Waals surface area contributed by atoms with E-state index in [4.69, 9.17) is 16.3 Å². The van der Waals surface area contributed by atoms with E-state index in [0.29, 0.717) is 31.9 Å². The van der Waals surface area contributed by atoms with E-state index >= 15 is 0 Å². The Bertz CT molecular complexity index is 963. The molecule has 2 unspecified atom stereocenters. The Hall–Kier alpha value is -2.62. The molecule has 2 N–H and O–H groups in total. The molecule has 6 nitrogen and oxygen atoms in total. The van der Waals surface area contributed by atoms with Gasteiger partial charge in [-0.2, -0.15) is 13.2 Å². The summed E-state index contributed by atoms with van der Waals surface area (Å²) in [5.41, 5.74) is 0.180. The van der Waals surface area contributed by atoms with E-state index in [1.807, 2.05) is 0 Å². The average molecular weight is 484 g/mol. The van der Waals surface area contributed by atoms with E-state index < -0.39 is 29.6 Å². The summed E-state index contributed by atoms with van der Waals surface area (Å²) in [6, 6.07) is 10.3. The molecule has 1 aliphatic rings. The Balaban J connectivity index is 1.66. The molecule has 2 atom stereocenters. The fourth-order valence-electron chi connectivity index (χ4n) is 3.58. The number of ether oxygens (including phenoxy) is 1. The number of halogens is 4. The number of rotatable bonds is 7. The zero-order valence-corrected chi connectivity index (χ0v) is 18.7. The maximum absolute atomic E-state index is 12.9. The molecule has 1 heterocycles. The van der Waals surface area contributed by atoms with Crippen molar-refractivity contribution in [2.75, 3.05) is 32.8 Å². The molecule has 0 aromatic heterocycles. The van der Waals surface area contributed by atoms with Gasteiger partial charge < -0.3 is 15.4 Å². The van der Waals surface area contributed by atoms with E-state index in [9.17, 15) is 22.8 Å². The Morgan fingerprint density at radius 2 is 1.73 bits per heavy atom. The van der Waals surface area contributed by atoms with Gasteiger partial charge in [0.05, 0.1) is 35.4 Å². The Kier molecular flexibility index (Phi) is 8.34. The molecule has 10 heteroatoms. The molecule has 0 saturated carbocycles. The summed E-state index contributed by atoms with van der Waals surface area (Å²) in [7, 11) is 0. The number of nitrogens with zero attached hydrogens (tertiary/aromatic N) is 1. The summed E-state index contributed by atoms with van der Waals surface area (Å²) in [6.45, 7) is 3.87. The second-order valence-electron chi connectivity index (χ2n) is 7.70. The Labute approximate surface area is 195 Å². The van der Waals surface area contributed by atoms with Gasteiger partial charge in [0.1, 0.15) is 6.04 Å². The largest absolute Gasteiger partial charge is 0.416 e. The minimum Gasteiger partial charge on any atom is -0.379 e. The van der Waals surface area contributed by atoms with Crippen LogP contribution >= 0.6 is 11.6 Å². The van der Waals surface area contributed by atoms with Crippen LogP contribution in [0.1, 0.15) is 34.5 Å². The van der Waals surface area contributed by atoms with Crippen LogP contribution in [0.25, 0.3) is 0 Å². The maximum atomic E-state index is 12.9. The Morgan fingerprint density at radius 1 is 1.09 bits per heavy atom. The molecule has 2 aromatic carbocycles. The third-order valence-corrected chi connectivity index (χ3v) is 5.77. The van der Waals surface area contributed by atoms with Gasteiger partial charge in [0.15, 0.2) is 0 Å². The van der Waals surface area contributed by atoms with Gasteiger partial charge in [-0.05, 0) is 36.8 Å². The molecular formula is C23H25ClF3N3O3. The first kappa shape index (κ1) is 25.0.